The van der Waals surface area contributed by atoms with Crippen molar-refractivity contribution in [2.45, 2.75) is 13.1 Å². The topological polar surface area (TPSA) is 46.5 Å². The van der Waals surface area contributed by atoms with Crippen molar-refractivity contribution in [3.8, 4) is 5.95 Å². The number of nitrogens with zero attached hydrogens (tertiary/aromatic N) is 3. The van der Waals surface area contributed by atoms with E-state index >= 15 is 0 Å². The number of H-pyrrole nitrogens is 1. The van der Waals surface area contributed by atoms with Crippen LogP contribution >= 0.6 is 11.6 Å². The summed E-state index contributed by atoms with van der Waals surface area (Å²) >= 11 is 5.92. The second-order valence-corrected chi connectivity index (χ2v) is 4.61. The first-order valence-electron chi connectivity index (χ1n) is 5.65. The van der Waals surface area contributed by atoms with Gasteiger partial charge in [-0.25, -0.2) is 4.98 Å². The van der Waals surface area contributed by atoms with Crippen LogP contribution in [0.3, 0.4) is 0 Å². The van der Waals surface area contributed by atoms with E-state index in [1.54, 1.807) is 24.3 Å². The maximum Gasteiger partial charge on any atom is 0.435 e. The smallest absolute Gasteiger partial charge is 0.322 e. The second-order valence-electron chi connectivity index (χ2n) is 4.25. The molecular formula is C12H8ClF3N4. The number of hydrogen-bond donors (Lipinski definition) is 1. The van der Waals surface area contributed by atoms with E-state index < -0.39 is 11.9 Å². The Hall–Kier alpha value is -2.02. The minimum Gasteiger partial charge on any atom is -0.322 e. The normalized spacial score (nSPS) is 12.2. The number of rotatable bonds is 1. The molecule has 0 radical (unpaired) electrons. The molecule has 0 amide bonds. The van der Waals surface area contributed by atoms with E-state index in [1.807, 2.05) is 0 Å². The Kier molecular flexibility index (Phi) is 2.75. The molecule has 0 aliphatic carbocycles. The molecule has 0 atom stereocenters. The first-order valence-corrected chi connectivity index (χ1v) is 6.03. The van der Waals surface area contributed by atoms with Gasteiger partial charge in [0.05, 0.1) is 11.0 Å². The van der Waals surface area contributed by atoms with Gasteiger partial charge < -0.3 is 4.98 Å². The van der Waals surface area contributed by atoms with Crippen LogP contribution in [0.5, 0.6) is 0 Å². The number of aromatic nitrogens is 4. The Labute approximate surface area is 116 Å². The number of imidazole rings is 1. The zero-order chi connectivity index (χ0) is 14.5. The lowest BCUT2D eigenvalue weighted by Gasteiger charge is -2.01. The summed E-state index contributed by atoms with van der Waals surface area (Å²) in [5, 5.41) is 3.40. The number of halogens is 4. The van der Waals surface area contributed by atoms with Crippen LogP contribution in [0.2, 0.25) is 5.15 Å². The minimum absolute atomic E-state index is 0.114. The zero-order valence-electron chi connectivity index (χ0n) is 10.2. The first kappa shape index (κ1) is 13.0. The van der Waals surface area contributed by atoms with Crippen molar-refractivity contribution in [2.24, 2.45) is 0 Å². The molecule has 20 heavy (non-hydrogen) atoms. The molecule has 3 aromatic rings. The number of para-hydroxylation sites is 2. The molecule has 3 rings (SSSR count). The predicted octanol–water partition coefficient (Wildman–Crippen LogP) is 3.73. The average Bonchev–Trinajstić information content (AvgIpc) is 2.91. The molecule has 0 spiro atoms. The summed E-state index contributed by atoms with van der Waals surface area (Å²) in [6.45, 7) is 1.28. The van der Waals surface area contributed by atoms with Gasteiger partial charge in [-0.2, -0.15) is 23.0 Å². The number of nitrogens with one attached hydrogen (secondary N) is 1. The molecule has 0 bridgehead atoms. The third kappa shape index (κ3) is 1.94. The molecule has 8 heteroatoms. The van der Waals surface area contributed by atoms with Crippen molar-refractivity contribution in [1.29, 1.82) is 0 Å². The summed E-state index contributed by atoms with van der Waals surface area (Å²) in [7, 11) is 0. The minimum atomic E-state index is -4.55. The highest BCUT2D eigenvalue weighted by Crippen LogP contribution is 2.34. The fourth-order valence-corrected chi connectivity index (χ4v) is 2.13. The van der Waals surface area contributed by atoms with Crippen LogP contribution in [0.15, 0.2) is 24.3 Å². The lowest BCUT2D eigenvalue weighted by atomic mass is 10.3. The van der Waals surface area contributed by atoms with Gasteiger partial charge in [0.1, 0.15) is 5.15 Å². The number of alkyl halides is 3. The highest BCUT2D eigenvalue weighted by Gasteiger charge is 2.38. The number of aromatic amines is 1. The van der Waals surface area contributed by atoms with E-state index in [2.05, 4.69) is 15.1 Å². The van der Waals surface area contributed by atoms with Crippen molar-refractivity contribution in [1.82, 2.24) is 19.7 Å². The molecule has 0 fully saturated rings. The van der Waals surface area contributed by atoms with Crippen molar-refractivity contribution in [2.75, 3.05) is 0 Å². The van der Waals surface area contributed by atoms with Crippen LogP contribution < -0.4 is 0 Å². The quantitative estimate of drug-likeness (QED) is 0.744. The van der Waals surface area contributed by atoms with Crippen molar-refractivity contribution < 1.29 is 13.2 Å². The molecule has 1 N–H and O–H groups in total. The van der Waals surface area contributed by atoms with Gasteiger partial charge in [0.2, 0.25) is 5.95 Å². The van der Waals surface area contributed by atoms with Gasteiger partial charge in [-0.05, 0) is 19.1 Å². The van der Waals surface area contributed by atoms with Crippen LogP contribution in [0.1, 0.15) is 11.3 Å². The molecule has 2 aromatic heterocycles. The van der Waals surface area contributed by atoms with E-state index in [0.29, 0.717) is 11.0 Å². The average molecular weight is 301 g/mol. The maximum atomic E-state index is 12.8. The van der Waals surface area contributed by atoms with Gasteiger partial charge in [0.25, 0.3) is 0 Å². The summed E-state index contributed by atoms with van der Waals surface area (Å²) < 4.78 is 39.3. The van der Waals surface area contributed by atoms with Gasteiger partial charge in [-0.3, -0.25) is 0 Å². The molecule has 0 unspecified atom stereocenters. The third-order valence-electron chi connectivity index (χ3n) is 2.90. The molecule has 0 aliphatic rings. The highest BCUT2D eigenvalue weighted by atomic mass is 35.5. The lowest BCUT2D eigenvalue weighted by Crippen LogP contribution is -2.09. The van der Waals surface area contributed by atoms with Crippen LogP contribution in [0.25, 0.3) is 17.0 Å². The summed E-state index contributed by atoms with van der Waals surface area (Å²) in [6.07, 6.45) is -4.55. The van der Waals surface area contributed by atoms with Crippen LogP contribution in [-0.4, -0.2) is 19.7 Å². The summed E-state index contributed by atoms with van der Waals surface area (Å²) in [5.41, 5.74) is 0.183. The van der Waals surface area contributed by atoms with E-state index in [0.717, 1.165) is 4.68 Å². The van der Waals surface area contributed by atoms with Crippen LogP contribution in [0.4, 0.5) is 13.2 Å². The van der Waals surface area contributed by atoms with Crippen LogP contribution in [0, 0.1) is 6.92 Å². The van der Waals surface area contributed by atoms with Gasteiger partial charge in [-0.15, -0.1) is 0 Å². The summed E-state index contributed by atoms with van der Waals surface area (Å²) in [4.78, 5) is 7.06. The SMILES string of the molecule is Cc1c(C(F)(F)F)nn(-c2nc3ccccc3[nH]2)c1Cl. The predicted molar refractivity (Wildman–Crippen MR) is 68.0 cm³/mol. The van der Waals surface area contributed by atoms with Gasteiger partial charge in [0.15, 0.2) is 5.69 Å². The van der Waals surface area contributed by atoms with Gasteiger partial charge >= 0.3 is 6.18 Å². The van der Waals surface area contributed by atoms with Gasteiger partial charge in [-0.1, -0.05) is 23.7 Å². The van der Waals surface area contributed by atoms with Crippen LogP contribution in [-0.2, 0) is 6.18 Å². The van der Waals surface area contributed by atoms with E-state index in [4.69, 9.17) is 11.6 Å². The number of fused-ring (bicyclic) bond motifs is 1. The van der Waals surface area contributed by atoms with Crippen molar-refractivity contribution in [3.05, 3.63) is 40.7 Å². The Morgan fingerprint density at radius 3 is 2.55 bits per heavy atom. The Bertz CT molecular complexity index is 755. The summed E-state index contributed by atoms with van der Waals surface area (Å²) in [6, 6.07) is 7.08. The fourth-order valence-electron chi connectivity index (χ4n) is 1.92. The monoisotopic (exact) mass is 300 g/mol. The first-order chi connectivity index (χ1) is 9.38. The maximum absolute atomic E-state index is 12.8. The molecule has 0 saturated heterocycles. The zero-order valence-corrected chi connectivity index (χ0v) is 10.9. The Morgan fingerprint density at radius 1 is 1.25 bits per heavy atom. The van der Waals surface area contributed by atoms with Gasteiger partial charge in [0, 0.05) is 5.56 Å². The largest absolute Gasteiger partial charge is 0.435 e. The highest BCUT2D eigenvalue weighted by molar-refractivity contribution is 6.30. The van der Waals surface area contributed by atoms with Crippen molar-refractivity contribution >= 4 is 22.6 Å². The molecule has 0 saturated carbocycles. The molecular weight excluding hydrogens is 293 g/mol. The van der Waals surface area contributed by atoms with Crippen molar-refractivity contribution in [3.63, 3.8) is 0 Å². The standard InChI is InChI=1S/C12H8ClF3N4/c1-6-9(12(14,15)16)19-20(10(6)13)11-17-7-4-2-3-5-8(7)18-11/h2-5H,1H3,(H,17,18). The second kappa shape index (κ2) is 4.24. The number of benzene rings is 1. The number of hydrogen-bond acceptors (Lipinski definition) is 2. The molecule has 4 nitrogen and oxygen atoms in total. The fraction of sp³-hybridized carbons (Fsp3) is 0.167. The summed E-state index contributed by atoms with van der Waals surface area (Å²) in [5.74, 6) is 0.148. The molecule has 104 valence electrons. The van der Waals surface area contributed by atoms with E-state index in [-0.39, 0.29) is 16.7 Å². The Balaban J connectivity index is 2.19. The molecule has 1 aromatic carbocycles. The molecule has 2 heterocycles. The van der Waals surface area contributed by atoms with E-state index in [1.165, 1.54) is 6.92 Å². The molecule has 0 aliphatic heterocycles. The Morgan fingerprint density at radius 2 is 1.95 bits per heavy atom. The van der Waals surface area contributed by atoms with E-state index in [9.17, 15) is 13.2 Å². The lowest BCUT2D eigenvalue weighted by molar-refractivity contribution is -0.141. The third-order valence-corrected chi connectivity index (χ3v) is 3.34.